The monoisotopic (exact) mass is 318 g/mol. The van der Waals surface area contributed by atoms with Crippen molar-refractivity contribution >= 4 is 45.7 Å². The second kappa shape index (κ2) is 6.72. The van der Waals surface area contributed by atoms with Gasteiger partial charge >= 0.3 is 0 Å². The average molecular weight is 319 g/mol. The molecule has 1 unspecified atom stereocenters. The number of benzene rings is 1. The lowest BCUT2D eigenvalue weighted by atomic mass is 9.99. The maximum atomic E-state index is 10.5. The molecule has 16 heavy (non-hydrogen) atoms. The predicted molar refractivity (Wildman–Crippen MR) is 76.8 cm³/mol. The summed E-state index contributed by atoms with van der Waals surface area (Å²) in [5.74, 6) is 0.288. The van der Waals surface area contributed by atoms with E-state index in [1.54, 1.807) is 23.5 Å². The number of carbonyl (C=O) groups excluding carboxylic acids is 1. The molecule has 0 bridgehead atoms. The minimum absolute atomic E-state index is 0.288. The molecule has 0 spiro atoms. The molecule has 0 aromatic heterocycles. The fourth-order valence-corrected chi connectivity index (χ4v) is 4.16. The summed E-state index contributed by atoms with van der Waals surface area (Å²) in [6, 6.07) is 4.31. The zero-order valence-corrected chi connectivity index (χ0v) is 12.8. The first-order chi connectivity index (χ1) is 7.63. The summed E-state index contributed by atoms with van der Waals surface area (Å²) in [6.45, 7) is 2.08. The lowest BCUT2D eigenvalue weighted by molar-refractivity contribution is -0.108. The Labute approximate surface area is 114 Å². The Morgan fingerprint density at radius 1 is 1.38 bits per heavy atom. The molecule has 0 fully saturated rings. The van der Waals surface area contributed by atoms with Crippen LogP contribution in [0.2, 0.25) is 0 Å². The highest BCUT2D eigenvalue weighted by atomic mass is 79.9. The van der Waals surface area contributed by atoms with Gasteiger partial charge in [-0.1, -0.05) is 6.92 Å². The second-order valence-electron chi connectivity index (χ2n) is 3.54. The molecule has 0 saturated carbocycles. The minimum atomic E-state index is 0.288. The van der Waals surface area contributed by atoms with Crippen LogP contribution in [0.25, 0.3) is 0 Å². The van der Waals surface area contributed by atoms with Crippen LogP contribution in [0.5, 0.6) is 0 Å². The SMILES string of the molecule is CSc1cc(C(C)CC=O)cc(Br)c1SC. The van der Waals surface area contributed by atoms with Crippen molar-refractivity contribution in [1.29, 1.82) is 0 Å². The Morgan fingerprint density at radius 2 is 2.06 bits per heavy atom. The Hall–Kier alpha value is 0.0700. The van der Waals surface area contributed by atoms with Gasteiger partial charge in [-0.05, 0) is 52.1 Å². The van der Waals surface area contributed by atoms with E-state index in [-0.39, 0.29) is 5.92 Å². The van der Waals surface area contributed by atoms with Gasteiger partial charge in [0.2, 0.25) is 0 Å². The van der Waals surface area contributed by atoms with Crippen LogP contribution in [0.4, 0.5) is 0 Å². The molecule has 0 radical (unpaired) electrons. The maximum absolute atomic E-state index is 10.5. The highest BCUT2D eigenvalue weighted by Gasteiger charge is 2.12. The van der Waals surface area contributed by atoms with Crippen molar-refractivity contribution in [2.75, 3.05) is 12.5 Å². The Morgan fingerprint density at radius 3 is 2.56 bits per heavy atom. The third-order valence-corrected chi connectivity index (χ3v) is 5.10. The molecule has 0 saturated heterocycles. The molecule has 0 aliphatic carbocycles. The van der Waals surface area contributed by atoms with Crippen molar-refractivity contribution < 1.29 is 4.79 Å². The van der Waals surface area contributed by atoms with E-state index in [4.69, 9.17) is 0 Å². The molecular formula is C12H15BrOS2. The molecule has 1 atom stereocenters. The predicted octanol–water partition coefficient (Wildman–Crippen LogP) is 4.59. The summed E-state index contributed by atoms with van der Waals surface area (Å²) >= 11 is 7.08. The molecule has 1 aromatic carbocycles. The van der Waals surface area contributed by atoms with Crippen molar-refractivity contribution in [3.8, 4) is 0 Å². The van der Waals surface area contributed by atoms with Gasteiger partial charge in [0, 0.05) is 20.7 Å². The van der Waals surface area contributed by atoms with E-state index in [2.05, 4.69) is 47.5 Å². The van der Waals surface area contributed by atoms with Gasteiger partial charge in [-0.25, -0.2) is 0 Å². The van der Waals surface area contributed by atoms with Crippen LogP contribution in [0.1, 0.15) is 24.8 Å². The van der Waals surface area contributed by atoms with Gasteiger partial charge in [0.1, 0.15) is 6.29 Å². The maximum Gasteiger partial charge on any atom is 0.120 e. The van der Waals surface area contributed by atoms with Crippen LogP contribution in [0, 0.1) is 0 Å². The van der Waals surface area contributed by atoms with Gasteiger partial charge in [0.15, 0.2) is 0 Å². The molecule has 0 aliphatic heterocycles. The van der Waals surface area contributed by atoms with Gasteiger partial charge in [0.25, 0.3) is 0 Å². The standard InChI is InChI=1S/C12H15BrOS2/c1-8(4-5-14)9-6-10(13)12(16-3)11(7-9)15-2/h5-8H,4H2,1-3H3. The average Bonchev–Trinajstić information content (AvgIpc) is 2.28. The lowest BCUT2D eigenvalue weighted by Gasteiger charge is -2.14. The van der Waals surface area contributed by atoms with E-state index in [0.717, 1.165) is 10.8 Å². The molecule has 0 heterocycles. The number of rotatable bonds is 5. The van der Waals surface area contributed by atoms with E-state index in [1.165, 1.54) is 15.4 Å². The van der Waals surface area contributed by atoms with E-state index in [0.29, 0.717) is 6.42 Å². The van der Waals surface area contributed by atoms with Gasteiger partial charge in [-0.3, -0.25) is 0 Å². The van der Waals surface area contributed by atoms with E-state index in [9.17, 15) is 4.79 Å². The largest absolute Gasteiger partial charge is 0.303 e. The van der Waals surface area contributed by atoms with Crippen molar-refractivity contribution in [3.63, 3.8) is 0 Å². The van der Waals surface area contributed by atoms with Crippen LogP contribution in [-0.4, -0.2) is 18.8 Å². The quantitative estimate of drug-likeness (QED) is 0.584. The van der Waals surface area contributed by atoms with Crippen LogP contribution in [0.3, 0.4) is 0 Å². The third kappa shape index (κ3) is 3.28. The summed E-state index contributed by atoms with van der Waals surface area (Å²) < 4.78 is 1.12. The lowest BCUT2D eigenvalue weighted by Crippen LogP contribution is -1.96. The molecule has 1 aromatic rings. The summed E-state index contributed by atoms with van der Waals surface area (Å²) in [6.07, 6.45) is 5.72. The number of carbonyl (C=O) groups is 1. The molecule has 4 heteroatoms. The fraction of sp³-hybridized carbons (Fsp3) is 0.417. The van der Waals surface area contributed by atoms with Gasteiger partial charge < -0.3 is 4.79 Å². The Kier molecular flexibility index (Phi) is 5.94. The van der Waals surface area contributed by atoms with Crippen molar-refractivity contribution in [1.82, 2.24) is 0 Å². The second-order valence-corrected chi connectivity index (χ2v) is 6.06. The van der Waals surface area contributed by atoms with Crippen LogP contribution >= 0.6 is 39.5 Å². The first kappa shape index (κ1) is 14.1. The van der Waals surface area contributed by atoms with Crippen LogP contribution in [0.15, 0.2) is 26.4 Å². The number of hydrogen-bond acceptors (Lipinski definition) is 3. The third-order valence-electron chi connectivity index (χ3n) is 2.47. The molecule has 88 valence electrons. The van der Waals surface area contributed by atoms with E-state index in [1.807, 2.05) is 0 Å². The zero-order valence-electron chi connectivity index (χ0n) is 9.62. The smallest absolute Gasteiger partial charge is 0.120 e. The molecule has 1 rings (SSSR count). The minimum Gasteiger partial charge on any atom is -0.303 e. The topological polar surface area (TPSA) is 17.1 Å². The van der Waals surface area contributed by atoms with Crippen molar-refractivity contribution in [2.45, 2.75) is 29.1 Å². The Balaban J connectivity index is 3.14. The van der Waals surface area contributed by atoms with Crippen molar-refractivity contribution in [2.24, 2.45) is 0 Å². The number of halogens is 1. The van der Waals surface area contributed by atoms with Gasteiger partial charge in [-0.2, -0.15) is 0 Å². The van der Waals surface area contributed by atoms with E-state index < -0.39 is 0 Å². The molecule has 0 amide bonds. The van der Waals surface area contributed by atoms with Crippen LogP contribution < -0.4 is 0 Å². The zero-order chi connectivity index (χ0) is 12.1. The van der Waals surface area contributed by atoms with E-state index >= 15 is 0 Å². The number of hydrogen-bond donors (Lipinski definition) is 0. The van der Waals surface area contributed by atoms with Gasteiger partial charge in [-0.15, -0.1) is 23.5 Å². The first-order valence-electron chi connectivity index (χ1n) is 4.99. The Bertz CT molecular complexity index is 380. The summed E-state index contributed by atoms with van der Waals surface area (Å²) in [5.41, 5.74) is 1.22. The summed E-state index contributed by atoms with van der Waals surface area (Å²) in [4.78, 5) is 13.1. The molecular weight excluding hydrogens is 304 g/mol. The summed E-state index contributed by atoms with van der Waals surface area (Å²) in [7, 11) is 0. The molecule has 0 aliphatic rings. The number of thioether (sulfide) groups is 2. The molecule has 1 nitrogen and oxygen atoms in total. The highest BCUT2D eigenvalue weighted by molar-refractivity contribution is 9.10. The summed E-state index contributed by atoms with van der Waals surface area (Å²) in [5, 5.41) is 0. The molecule has 0 N–H and O–H groups in total. The fourth-order valence-electron chi connectivity index (χ4n) is 1.50. The highest BCUT2D eigenvalue weighted by Crippen LogP contribution is 2.37. The van der Waals surface area contributed by atoms with Gasteiger partial charge in [0.05, 0.1) is 0 Å². The first-order valence-corrected chi connectivity index (χ1v) is 8.23. The normalized spacial score (nSPS) is 12.5. The number of aldehydes is 1. The van der Waals surface area contributed by atoms with Crippen LogP contribution in [-0.2, 0) is 4.79 Å². The van der Waals surface area contributed by atoms with Crippen molar-refractivity contribution in [3.05, 3.63) is 22.2 Å².